The van der Waals surface area contributed by atoms with Gasteiger partial charge < -0.3 is 19.3 Å². The van der Waals surface area contributed by atoms with Crippen molar-refractivity contribution in [2.24, 2.45) is 5.92 Å². The Hall–Kier alpha value is -3.42. The van der Waals surface area contributed by atoms with Gasteiger partial charge in [-0.15, -0.1) is 0 Å². The zero-order chi connectivity index (χ0) is 20.6. The van der Waals surface area contributed by atoms with Crippen molar-refractivity contribution in [1.29, 1.82) is 0 Å². The minimum absolute atomic E-state index is 0.0420. The van der Waals surface area contributed by atoms with E-state index in [1.165, 1.54) is 0 Å². The first kappa shape index (κ1) is 20.3. The average molecular weight is 396 g/mol. The van der Waals surface area contributed by atoms with Gasteiger partial charge in [0.15, 0.2) is 18.1 Å². The molecule has 8 heteroatoms. The highest BCUT2D eigenvalue weighted by Gasteiger charge is 2.25. The molecule has 0 saturated carbocycles. The van der Waals surface area contributed by atoms with Crippen LogP contribution in [0.3, 0.4) is 0 Å². The van der Waals surface area contributed by atoms with Crippen LogP contribution < -0.4 is 14.8 Å². The molecule has 0 aliphatic carbocycles. The molecule has 1 aromatic carbocycles. The molecule has 0 aliphatic heterocycles. The van der Waals surface area contributed by atoms with E-state index in [0.29, 0.717) is 29.8 Å². The molecule has 0 spiro atoms. The van der Waals surface area contributed by atoms with Crippen LogP contribution in [-0.4, -0.2) is 34.2 Å². The topological polar surface area (TPSA) is 99.4 Å². The van der Waals surface area contributed by atoms with Crippen molar-refractivity contribution in [3.63, 3.8) is 0 Å². The Morgan fingerprint density at radius 3 is 2.45 bits per heavy atom. The van der Waals surface area contributed by atoms with Crippen LogP contribution >= 0.6 is 0 Å². The monoisotopic (exact) mass is 396 g/mol. The first-order valence-electron chi connectivity index (χ1n) is 9.46. The number of ether oxygens (including phenoxy) is 2. The van der Waals surface area contributed by atoms with Gasteiger partial charge in [0, 0.05) is 18.0 Å². The number of amides is 1. The minimum atomic E-state index is -0.434. The van der Waals surface area contributed by atoms with E-state index in [1.807, 2.05) is 32.9 Å². The molecule has 1 amide bonds. The summed E-state index contributed by atoms with van der Waals surface area (Å²) in [5.41, 5.74) is 0.791. The molecule has 3 aromatic rings. The molecule has 0 saturated heterocycles. The van der Waals surface area contributed by atoms with Gasteiger partial charge in [-0.25, -0.2) is 0 Å². The van der Waals surface area contributed by atoms with Crippen LogP contribution in [0.1, 0.15) is 32.7 Å². The fraction of sp³-hybridized carbons (Fsp3) is 0.333. The summed E-state index contributed by atoms with van der Waals surface area (Å²) in [5, 5.41) is 6.92. The third-order valence-corrected chi connectivity index (χ3v) is 4.14. The number of rotatable bonds is 9. The number of carbonyl (C=O) groups excluding carboxylic acids is 1. The maximum absolute atomic E-state index is 12.5. The molecule has 152 valence electrons. The van der Waals surface area contributed by atoms with Crippen molar-refractivity contribution in [3.05, 3.63) is 54.7 Å². The van der Waals surface area contributed by atoms with E-state index in [0.717, 1.165) is 5.56 Å². The van der Waals surface area contributed by atoms with Crippen LogP contribution in [0.5, 0.6) is 11.5 Å². The quantitative estimate of drug-likeness (QED) is 0.591. The van der Waals surface area contributed by atoms with Gasteiger partial charge in [0.2, 0.25) is 11.7 Å². The number of carbonyl (C=O) groups is 1. The number of para-hydroxylation sites is 2. The number of pyridine rings is 1. The highest BCUT2D eigenvalue weighted by Crippen LogP contribution is 2.27. The largest absolute Gasteiger partial charge is 0.490 e. The lowest BCUT2D eigenvalue weighted by Crippen LogP contribution is -2.35. The van der Waals surface area contributed by atoms with E-state index in [9.17, 15) is 4.79 Å². The standard InChI is InChI=1S/C21H24N4O4/c1-4-27-16-7-5-6-8-17(16)28-13-18(26)23-19(14(2)3)21-24-20(25-29-21)15-9-11-22-12-10-15/h5-12,14,19H,4,13H2,1-3H3,(H,23,26). The first-order valence-corrected chi connectivity index (χ1v) is 9.46. The number of nitrogens with zero attached hydrogens (tertiary/aromatic N) is 3. The Bertz CT molecular complexity index is 927. The summed E-state index contributed by atoms with van der Waals surface area (Å²) in [4.78, 5) is 20.9. The summed E-state index contributed by atoms with van der Waals surface area (Å²) in [6, 6.07) is 10.4. The molecule has 0 radical (unpaired) electrons. The number of benzene rings is 1. The van der Waals surface area contributed by atoms with Gasteiger partial charge in [-0.05, 0) is 37.1 Å². The van der Waals surface area contributed by atoms with Crippen molar-refractivity contribution in [1.82, 2.24) is 20.4 Å². The van der Waals surface area contributed by atoms with Gasteiger partial charge in [0.25, 0.3) is 5.91 Å². The number of aromatic nitrogens is 3. The second kappa shape index (κ2) is 9.68. The molecule has 2 heterocycles. The average Bonchev–Trinajstić information content (AvgIpc) is 3.22. The molecule has 0 bridgehead atoms. The second-order valence-electron chi connectivity index (χ2n) is 6.65. The van der Waals surface area contributed by atoms with Gasteiger partial charge in [-0.3, -0.25) is 9.78 Å². The van der Waals surface area contributed by atoms with Crippen LogP contribution in [0.25, 0.3) is 11.4 Å². The Morgan fingerprint density at radius 1 is 1.10 bits per heavy atom. The van der Waals surface area contributed by atoms with E-state index in [4.69, 9.17) is 14.0 Å². The Morgan fingerprint density at radius 2 is 1.79 bits per heavy atom. The van der Waals surface area contributed by atoms with Crippen molar-refractivity contribution < 1.29 is 18.8 Å². The number of nitrogens with one attached hydrogen (secondary N) is 1. The summed E-state index contributed by atoms with van der Waals surface area (Å²) in [6.07, 6.45) is 3.31. The maximum Gasteiger partial charge on any atom is 0.258 e. The van der Waals surface area contributed by atoms with Crippen LogP contribution in [0.2, 0.25) is 0 Å². The van der Waals surface area contributed by atoms with Crippen molar-refractivity contribution >= 4 is 5.91 Å². The highest BCUT2D eigenvalue weighted by molar-refractivity contribution is 5.78. The van der Waals surface area contributed by atoms with Crippen LogP contribution in [0, 0.1) is 5.92 Å². The maximum atomic E-state index is 12.5. The summed E-state index contributed by atoms with van der Waals surface area (Å²) in [5.74, 6) is 1.66. The fourth-order valence-electron chi connectivity index (χ4n) is 2.70. The number of hydrogen-bond acceptors (Lipinski definition) is 7. The third-order valence-electron chi connectivity index (χ3n) is 4.14. The molecular weight excluding hydrogens is 372 g/mol. The SMILES string of the molecule is CCOc1ccccc1OCC(=O)NC(c1nc(-c2ccncc2)no1)C(C)C. The summed E-state index contributed by atoms with van der Waals surface area (Å²) in [6.45, 7) is 6.18. The van der Waals surface area contributed by atoms with Gasteiger partial charge in [-0.1, -0.05) is 31.1 Å². The predicted octanol–water partition coefficient (Wildman–Crippen LogP) is 3.42. The molecule has 0 aliphatic rings. The Kier molecular flexibility index (Phi) is 6.78. The second-order valence-corrected chi connectivity index (χ2v) is 6.65. The van der Waals surface area contributed by atoms with Crippen molar-refractivity contribution in [2.45, 2.75) is 26.8 Å². The predicted molar refractivity (Wildman–Crippen MR) is 106 cm³/mol. The first-order chi connectivity index (χ1) is 14.1. The molecular formula is C21H24N4O4. The molecule has 3 rings (SSSR count). The van der Waals surface area contributed by atoms with E-state index in [1.54, 1.807) is 36.7 Å². The van der Waals surface area contributed by atoms with Gasteiger partial charge in [0.1, 0.15) is 6.04 Å². The third kappa shape index (κ3) is 5.31. The molecule has 0 fully saturated rings. The van der Waals surface area contributed by atoms with Gasteiger partial charge >= 0.3 is 0 Å². The smallest absolute Gasteiger partial charge is 0.258 e. The zero-order valence-electron chi connectivity index (χ0n) is 16.7. The summed E-state index contributed by atoms with van der Waals surface area (Å²) < 4.78 is 16.5. The van der Waals surface area contributed by atoms with Crippen molar-refractivity contribution in [2.75, 3.05) is 13.2 Å². The molecule has 2 aromatic heterocycles. The zero-order valence-corrected chi connectivity index (χ0v) is 16.7. The van der Waals surface area contributed by atoms with Gasteiger partial charge in [-0.2, -0.15) is 4.98 Å². The lowest BCUT2D eigenvalue weighted by molar-refractivity contribution is -0.124. The molecule has 8 nitrogen and oxygen atoms in total. The summed E-state index contributed by atoms with van der Waals surface area (Å²) >= 11 is 0. The van der Waals surface area contributed by atoms with Crippen LogP contribution in [0.4, 0.5) is 0 Å². The van der Waals surface area contributed by atoms with E-state index in [2.05, 4.69) is 20.4 Å². The minimum Gasteiger partial charge on any atom is -0.490 e. The van der Waals surface area contributed by atoms with E-state index in [-0.39, 0.29) is 18.4 Å². The molecule has 1 N–H and O–H groups in total. The van der Waals surface area contributed by atoms with E-state index >= 15 is 0 Å². The highest BCUT2D eigenvalue weighted by atomic mass is 16.5. The van der Waals surface area contributed by atoms with E-state index < -0.39 is 6.04 Å². The summed E-state index contributed by atoms with van der Waals surface area (Å²) in [7, 11) is 0. The Balaban J connectivity index is 1.65. The van der Waals surface area contributed by atoms with Crippen LogP contribution in [0.15, 0.2) is 53.3 Å². The lowest BCUT2D eigenvalue weighted by atomic mass is 10.0. The number of hydrogen-bond donors (Lipinski definition) is 1. The Labute approximate surface area is 169 Å². The van der Waals surface area contributed by atoms with Crippen molar-refractivity contribution in [3.8, 4) is 22.9 Å². The lowest BCUT2D eigenvalue weighted by Gasteiger charge is -2.19. The molecule has 1 unspecified atom stereocenters. The molecule has 1 atom stereocenters. The fourth-order valence-corrected chi connectivity index (χ4v) is 2.70. The molecule has 29 heavy (non-hydrogen) atoms. The normalized spacial score (nSPS) is 11.9. The van der Waals surface area contributed by atoms with Crippen LogP contribution in [-0.2, 0) is 4.79 Å². The van der Waals surface area contributed by atoms with Gasteiger partial charge in [0.05, 0.1) is 6.61 Å².